The third-order valence-corrected chi connectivity index (χ3v) is 10.2. The van der Waals surface area contributed by atoms with Crippen LogP contribution in [0.3, 0.4) is 0 Å². The number of hydrogen-bond donors (Lipinski definition) is 1. The number of piperidine rings is 1. The molecular formula is C40H38N8O5. The summed E-state index contributed by atoms with van der Waals surface area (Å²) in [4.78, 5) is 62.5. The van der Waals surface area contributed by atoms with Crippen molar-refractivity contribution in [1.29, 1.82) is 0 Å². The summed E-state index contributed by atoms with van der Waals surface area (Å²) in [6.45, 7) is 7.09. The Balaban J connectivity index is 0.900. The average molecular weight is 711 g/mol. The molecule has 13 nitrogen and oxygen atoms in total. The standard InChI is InChI=1S/C40H38N8O5/c1-3-36-43-38(35-24-45(25(2)49)14-15-47(35)36)29-10-5-8-27-19-33(41-21-31(27)29)28-20-42-46(22-28)16-18-53-17-6-9-26-7-4-11-30-32(26)23-48(40(30)52)34-12-13-37(50)44-39(34)51/h4-5,7-8,10-11,19-22,34H,3,12-18,23-24H2,1-2H3,(H,44,50,51). The third kappa shape index (κ3) is 6.46. The van der Waals surface area contributed by atoms with E-state index in [9.17, 15) is 19.2 Å². The number of aryl methyl sites for hydroxylation is 1. The number of pyridine rings is 1. The predicted octanol–water partition coefficient (Wildman–Crippen LogP) is 3.72. The molecule has 53 heavy (non-hydrogen) atoms. The van der Waals surface area contributed by atoms with Crippen molar-refractivity contribution in [3.8, 4) is 34.4 Å². The Morgan fingerprint density at radius 1 is 1.06 bits per heavy atom. The highest BCUT2D eigenvalue weighted by Crippen LogP contribution is 2.35. The van der Waals surface area contributed by atoms with Crippen molar-refractivity contribution >= 4 is 34.4 Å². The van der Waals surface area contributed by atoms with Crippen LogP contribution in [0.5, 0.6) is 0 Å². The van der Waals surface area contributed by atoms with Gasteiger partial charge in [0.15, 0.2) is 0 Å². The number of amides is 4. The second kappa shape index (κ2) is 14.1. The highest BCUT2D eigenvalue weighted by atomic mass is 16.5. The molecular weight excluding hydrogens is 672 g/mol. The fraction of sp³-hybridized carbons (Fsp3) is 0.325. The molecule has 268 valence electrons. The normalized spacial score (nSPS) is 16.7. The van der Waals surface area contributed by atoms with Crippen molar-refractivity contribution in [1.82, 2.24) is 39.4 Å². The Hall–Kier alpha value is -6.13. The van der Waals surface area contributed by atoms with E-state index in [1.165, 1.54) is 4.90 Å². The molecule has 3 aliphatic rings. The molecule has 1 atom stereocenters. The van der Waals surface area contributed by atoms with Crippen LogP contribution in [0.4, 0.5) is 0 Å². The molecule has 13 heteroatoms. The molecule has 1 unspecified atom stereocenters. The van der Waals surface area contributed by atoms with Crippen LogP contribution < -0.4 is 5.32 Å². The van der Waals surface area contributed by atoms with Crippen LogP contribution in [0.15, 0.2) is 61.1 Å². The Morgan fingerprint density at radius 2 is 1.91 bits per heavy atom. The number of rotatable bonds is 8. The van der Waals surface area contributed by atoms with Crippen LogP contribution in [-0.2, 0) is 51.7 Å². The quantitative estimate of drug-likeness (QED) is 0.146. The summed E-state index contributed by atoms with van der Waals surface area (Å²) in [5.41, 5.74) is 6.70. The zero-order valence-corrected chi connectivity index (χ0v) is 29.6. The minimum absolute atomic E-state index is 0.0692. The summed E-state index contributed by atoms with van der Waals surface area (Å²) in [7, 11) is 0. The summed E-state index contributed by atoms with van der Waals surface area (Å²) < 4.78 is 9.87. The lowest BCUT2D eigenvalue weighted by molar-refractivity contribution is -0.137. The first kappa shape index (κ1) is 34.0. The second-order valence-electron chi connectivity index (χ2n) is 13.4. The molecule has 0 radical (unpaired) electrons. The molecule has 1 fully saturated rings. The van der Waals surface area contributed by atoms with E-state index in [2.05, 4.69) is 51.9 Å². The number of ether oxygens (including phenoxy) is 1. The minimum Gasteiger partial charge on any atom is -0.367 e. The molecule has 1 saturated heterocycles. The number of carbonyl (C=O) groups excluding carboxylic acids is 4. The average Bonchev–Trinajstić information content (AvgIpc) is 3.88. The Bertz CT molecular complexity index is 2370. The van der Waals surface area contributed by atoms with Gasteiger partial charge in [-0.25, -0.2) is 4.98 Å². The second-order valence-corrected chi connectivity index (χ2v) is 13.4. The molecule has 0 saturated carbocycles. The molecule has 4 amide bonds. The van der Waals surface area contributed by atoms with E-state index in [4.69, 9.17) is 14.7 Å². The van der Waals surface area contributed by atoms with Crippen molar-refractivity contribution in [3.63, 3.8) is 0 Å². The SMILES string of the molecule is CCc1nc(-c2cccc3cc(-c4cnn(CCOCC#Cc5cccc6c5CN(C5CCC(=O)NC5=O)C6=O)c4)ncc23)c2n1CCN(C(C)=O)C2. The van der Waals surface area contributed by atoms with Gasteiger partial charge in [0.25, 0.3) is 5.91 Å². The van der Waals surface area contributed by atoms with Gasteiger partial charge in [-0.3, -0.25) is 34.2 Å². The van der Waals surface area contributed by atoms with E-state index >= 15 is 0 Å². The Kier molecular flexibility index (Phi) is 9.05. The number of aromatic nitrogens is 5. The summed E-state index contributed by atoms with van der Waals surface area (Å²) >= 11 is 0. The maximum absolute atomic E-state index is 13.1. The van der Waals surface area contributed by atoms with Gasteiger partial charge < -0.3 is 19.1 Å². The Labute approximate surface area is 305 Å². The van der Waals surface area contributed by atoms with Gasteiger partial charge in [0.2, 0.25) is 17.7 Å². The highest BCUT2D eigenvalue weighted by molar-refractivity contribution is 6.05. The van der Waals surface area contributed by atoms with Crippen LogP contribution in [-0.4, -0.2) is 83.5 Å². The van der Waals surface area contributed by atoms with Crippen molar-refractivity contribution in [2.75, 3.05) is 19.8 Å². The number of imidazole rings is 1. The number of fused-ring (bicyclic) bond motifs is 3. The summed E-state index contributed by atoms with van der Waals surface area (Å²) in [6, 6.07) is 13.0. The summed E-state index contributed by atoms with van der Waals surface area (Å²) in [5, 5.41) is 8.89. The monoisotopic (exact) mass is 710 g/mol. The number of carbonyl (C=O) groups is 4. The lowest BCUT2D eigenvalue weighted by Gasteiger charge is -2.29. The molecule has 8 rings (SSSR count). The maximum atomic E-state index is 13.1. The van der Waals surface area contributed by atoms with Crippen LogP contribution in [0.1, 0.15) is 59.7 Å². The van der Waals surface area contributed by atoms with E-state index in [1.807, 2.05) is 34.1 Å². The lowest BCUT2D eigenvalue weighted by Crippen LogP contribution is -2.52. The number of nitrogens with one attached hydrogen (secondary N) is 1. The smallest absolute Gasteiger partial charge is 0.255 e. The largest absolute Gasteiger partial charge is 0.367 e. The first-order valence-corrected chi connectivity index (χ1v) is 17.9. The summed E-state index contributed by atoms with van der Waals surface area (Å²) in [5.74, 6) is 6.30. The van der Waals surface area contributed by atoms with Crippen molar-refractivity contribution < 1.29 is 23.9 Å². The van der Waals surface area contributed by atoms with Gasteiger partial charge in [0, 0.05) is 79.4 Å². The van der Waals surface area contributed by atoms with E-state index < -0.39 is 11.9 Å². The zero-order valence-electron chi connectivity index (χ0n) is 29.6. The molecule has 0 aliphatic carbocycles. The van der Waals surface area contributed by atoms with E-state index in [0.29, 0.717) is 38.2 Å². The molecule has 6 heterocycles. The van der Waals surface area contributed by atoms with E-state index in [1.54, 1.807) is 25.3 Å². The first-order chi connectivity index (χ1) is 25.8. The number of hydrogen-bond acceptors (Lipinski definition) is 8. The topological polar surface area (TPSA) is 145 Å². The molecule has 5 aromatic rings. The first-order valence-electron chi connectivity index (χ1n) is 17.9. The fourth-order valence-corrected chi connectivity index (χ4v) is 7.47. The van der Waals surface area contributed by atoms with E-state index in [0.717, 1.165) is 68.9 Å². The van der Waals surface area contributed by atoms with Crippen LogP contribution >= 0.6 is 0 Å². The minimum atomic E-state index is -0.668. The molecule has 0 bridgehead atoms. The van der Waals surface area contributed by atoms with Crippen LogP contribution in [0.2, 0.25) is 0 Å². The van der Waals surface area contributed by atoms with Crippen molar-refractivity contribution in [2.24, 2.45) is 0 Å². The van der Waals surface area contributed by atoms with Crippen LogP contribution in [0, 0.1) is 11.8 Å². The van der Waals surface area contributed by atoms with Gasteiger partial charge >= 0.3 is 0 Å². The van der Waals surface area contributed by atoms with Crippen LogP contribution in [0.25, 0.3) is 33.3 Å². The van der Waals surface area contributed by atoms with Gasteiger partial charge in [0.05, 0.1) is 43.0 Å². The maximum Gasteiger partial charge on any atom is 0.255 e. The van der Waals surface area contributed by atoms with Gasteiger partial charge in [0.1, 0.15) is 18.5 Å². The predicted molar refractivity (Wildman–Crippen MR) is 195 cm³/mol. The summed E-state index contributed by atoms with van der Waals surface area (Å²) in [6.07, 6.45) is 6.97. The third-order valence-electron chi connectivity index (χ3n) is 10.2. The number of nitrogens with zero attached hydrogens (tertiary/aromatic N) is 7. The van der Waals surface area contributed by atoms with Gasteiger partial charge in [-0.05, 0) is 35.6 Å². The zero-order chi connectivity index (χ0) is 36.6. The van der Waals surface area contributed by atoms with Gasteiger partial charge in [-0.15, -0.1) is 0 Å². The van der Waals surface area contributed by atoms with Gasteiger partial charge in [-0.1, -0.05) is 43.0 Å². The Morgan fingerprint density at radius 3 is 2.74 bits per heavy atom. The molecule has 3 aromatic heterocycles. The van der Waals surface area contributed by atoms with Crippen molar-refractivity contribution in [2.45, 2.75) is 65.3 Å². The molecule has 0 spiro atoms. The molecule has 1 N–H and O–H groups in total. The number of imide groups is 1. The molecule has 2 aromatic carbocycles. The number of benzene rings is 2. The van der Waals surface area contributed by atoms with E-state index in [-0.39, 0.29) is 37.3 Å². The van der Waals surface area contributed by atoms with Gasteiger partial charge in [-0.2, -0.15) is 5.10 Å². The molecule has 3 aliphatic heterocycles. The fourth-order valence-electron chi connectivity index (χ4n) is 7.47. The van der Waals surface area contributed by atoms with Crippen molar-refractivity contribution in [3.05, 3.63) is 89.3 Å². The highest BCUT2D eigenvalue weighted by Gasteiger charge is 2.39. The lowest BCUT2D eigenvalue weighted by atomic mass is 10.0.